The van der Waals surface area contributed by atoms with E-state index in [0.717, 1.165) is 148 Å². The Kier molecular flexibility index (Phi) is 75.8. The van der Waals surface area contributed by atoms with Crippen molar-refractivity contribution < 1.29 is 80.2 Å². The number of hydrogen-bond acceptors (Lipinski definition) is 15. The quantitative estimate of drug-likeness (QED) is 0.0169. The Morgan fingerprint density at radius 3 is 0.815 bits per heavy atom. The molecule has 108 heavy (non-hydrogen) atoms. The lowest BCUT2D eigenvalue weighted by Crippen LogP contribution is -2.30. The Morgan fingerprint density at radius 1 is 0.269 bits per heavy atom. The van der Waals surface area contributed by atoms with Crippen molar-refractivity contribution in [1.82, 2.24) is 0 Å². The van der Waals surface area contributed by atoms with Crippen LogP contribution in [0, 0.1) is 0 Å². The lowest BCUT2D eigenvalue weighted by Gasteiger charge is -2.21. The minimum atomic E-state index is -5.01. The maximum atomic E-state index is 13.1. The zero-order chi connectivity index (χ0) is 78.9. The topological polar surface area (TPSA) is 237 Å². The van der Waals surface area contributed by atoms with Gasteiger partial charge in [0.1, 0.15) is 19.3 Å². The smallest absolute Gasteiger partial charge is 0.462 e. The average molecular weight is 1550 g/mol. The van der Waals surface area contributed by atoms with Gasteiger partial charge in [-0.3, -0.25) is 37.3 Å². The zero-order valence-corrected chi connectivity index (χ0v) is 69.3. The molecule has 2 unspecified atom stereocenters. The molecule has 0 radical (unpaired) electrons. The van der Waals surface area contributed by atoms with Gasteiger partial charge in [-0.15, -0.1) is 0 Å². The van der Waals surface area contributed by atoms with Crippen molar-refractivity contribution in [2.45, 2.75) is 341 Å². The SMILES string of the molecule is CC/C=C\C/C=C\C/C=C\C/C=C\C/C=C\C/C=C\CCC(=O)O[C@H](COC(=O)CCCCCCCCC/C=C\CCCCCC)COP(=O)(O)OC[C@H](O)COP(=O)(O)OC[C@@H](COC(=O)CCCCCCC/C=C\CCCCCCCC)OC(=O)CC/C=C\C/C=C\C/C=C\C/C=C\C/C=C\CCCCC. The first-order chi connectivity index (χ1) is 52.7. The van der Waals surface area contributed by atoms with Crippen molar-refractivity contribution >= 4 is 39.5 Å². The first kappa shape index (κ1) is 103. The maximum absolute atomic E-state index is 13.1. The summed E-state index contributed by atoms with van der Waals surface area (Å²) in [6, 6.07) is 0. The first-order valence-electron chi connectivity index (χ1n) is 41.7. The number of allylic oxidation sites excluding steroid dienone is 26. The third kappa shape index (κ3) is 78.8. The summed E-state index contributed by atoms with van der Waals surface area (Å²) >= 11 is 0. The van der Waals surface area contributed by atoms with Gasteiger partial charge in [0.05, 0.1) is 26.4 Å². The fraction of sp³-hybridized carbons (Fsp3) is 0.663. The number of aliphatic hydroxyl groups is 1. The molecule has 0 aromatic heterocycles. The van der Waals surface area contributed by atoms with E-state index in [1.807, 2.05) is 36.5 Å². The van der Waals surface area contributed by atoms with Crippen LogP contribution in [0.5, 0.6) is 0 Å². The predicted octanol–water partition coefficient (Wildman–Crippen LogP) is 24.8. The van der Waals surface area contributed by atoms with Gasteiger partial charge in [0, 0.05) is 25.7 Å². The molecule has 0 aliphatic carbocycles. The molecule has 0 rings (SSSR count). The molecule has 3 N–H and O–H groups in total. The Labute approximate surface area is 655 Å². The minimum absolute atomic E-state index is 0.0359. The third-order valence-corrected chi connectivity index (χ3v) is 18.9. The number of aliphatic hydroxyl groups excluding tert-OH is 1. The fourth-order valence-corrected chi connectivity index (χ4v) is 12.2. The number of carbonyl (C=O) groups is 4. The van der Waals surface area contributed by atoms with Crippen LogP contribution in [0.1, 0.15) is 323 Å². The summed E-state index contributed by atoms with van der Waals surface area (Å²) in [5.41, 5.74) is 0. The monoisotopic (exact) mass is 1550 g/mol. The number of ether oxygens (including phenoxy) is 4. The van der Waals surface area contributed by atoms with Crippen molar-refractivity contribution in [1.29, 1.82) is 0 Å². The molecular weight excluding hydrogens is 1400 g/mol. The molecule has 0 amide bonds. The Hall–Kier alpha value is -5.32. The van der Waals surface area contributed by atoms with Gasteiger partial charge >= 0.3 is 39.5 Å². The molecular formula is C89H148O17P2. The van der Waals surface area contributed by atoms with Crippen molar-refractivity contribution in [3.63, 3.8) is 0 Å². The number of rotatable bonds is 77. The highest BCUT2D eigenvalue weighted by molar-refractivity contribution is 7.47. The van der Waals surface area contributed by atoms with Crippen LogP contribution < -0.4 is 0 Å². The van der Waals surface area contributed by atoms with E-state index in [1.165, 1.54) is 83.5 Å². The molecule has 0 aromatic rings. The van der Waals surface area contributed by atoms with Crippen molar-refractivity contribution in [2.24, 2.45) is 0 Å². The van der Waals surface area contributed by atoms with Crippen LogP contribution in [0.15, 0.2) is 158 Å². The average Bonchev–Trinajstić information content (AvgIpc) is 0.907. The van der Waals surface area contributed by atoms with E-state index in [1.54, 1.807) is 0 Å². The van der Waals surface area contributed by atoms with E-state index in [0.29, 0.717) is 38.5 Å². The second-order valence-corrected chi connectivity index (χ2v) is 30.2. The molecule has 0 aliphatic rings. The van der Waals surface area contributed by atoms with Crippen LogP contribution >= 0.6 is 15.6 Å². The largest absolute Gasteiger partial charge is 0.472 e. The summed E-state index contributed by atoms with van der Waals surface area (Å²) < 4.78 is 68.5. The van der Waals surface area contributed by atoms with Crippen molar-refractivity contribution in [2.75, 3.05) is 39.6 Å². The van der Waals surface area contributed by atoms with E-state index < -0.39 is 97.5 Å². The number of hydrogen-bond donors (Lipinski definition) is 3. The minimum Gasteiger partial charge on any atom is -0.462 e. The van der Waals surface area contributed by atoms with Gasteiger partial charge in [0.25, 0.3) is 0 Å². The van der Waals surface area contributed by atoms with Crippen LogP contribution in [0.4, 0.5) is 0 Å². The van der Waals surface area contributed by atoms with Crippen LogP contribution in [0.2, 0.25) is 0 Å². The van der Waals surface area contributed by atoms with Crippen LogP contribution in [0.3, 0.4) is 0 Å². The highest BCUT2D eigenvalue weighted by Gasteiger charge is 2.30. The van der Waals surface area contributed by atoms with Crippen LogP contribution in [-0.4, -0.2) is 96.7 Å². The highest BCUT2D eigenvalue weighted by Crippen LogP contribution is 2.45. The molecule has 0 aromatic carbocycles. The fourth-order valence-electron chi connectivity index (χ4n) is 10.6. The first-order valence-corrected chi connectivity index (χ1v) is 44.7. The van der Waals surface area contributed by atoms with E-state index >= 15 is 0 Å². The van der Waals surface area contributed by atoms with Gasteiger partial charge in [-0.2, -0.15) is 0 Å². The van der Waals surface area contributed by atoms with Crippen LogP contribution in [-0.2, 0) is 65.4 Å². The standard InChI is InChI=1S/C89H148O17P2/c1-5-9-13-17-21-25-29-33-37-39-41-43-47-51-55-59-63-67-71-75-88(93)105-84(79-99-86(91)73-69-65-61-57-53-49-45-35-31-27-23-19-15-11-7-3)81-103-107(95,96)101-77-83(90)78-102-108(97,98)104-82-85(80-100-87(92)74-70-66-62-58-54-50-46-36-32-28-24-20-16-12-8-4)106-89(94)76-72-68-64-60-56-52-48-44-42-40-38-34-30-26-22-18-14-10-6-2/h9,13,21-22,25-27,31,33-34,36-38,41-44,46,51-52,55-56,63-64,67-68,83-85,90H,5-8,10-12,14-20,23-24,28-30,32,35,39-40,45,47-50,53-54,57-62,65-66,69-82H2,1-4H3,(H,95,96)(H,97,98)/b13-9-,25-21-,26-22-,31-27-,37-33-,38-34-,43-41-,44-42-,46-36-,55-51-,56-52-,67-63-,68-64-/t83-,84+,85+/m0/s1. The maximum Gasteiger partial charge on any atom is 0.472 e. The molecule has 19 heteroatoms. The number of carbonyl (C=O) groups excluding carboxylic acids is 4. The molecule has 0 saturated carbocycles. The molecule has 0 aliphatic heterocycles. The van der Waals surface area contributed by atoms with Gasteiger partial charge in [-0.25, -0.2) is 9.13 Å². The lowest BCUT2D eigenvalue weighted by molar-refractivity contribution is -0.161. The van der Waals surface area contributed by atoms with Gasteiger partial charge in [0.15, 0.2) is 12.2 Å². The Bertz CT molecular complexity index is 2660. The summed E-state index contributed by atoms with van der Waals surface area (Å²) in [5.74, 6) is -2.39. The molecule has 0 bridgehead atoms. The molecule has 0 spiro atoms. The number of esters is 4. The second-order valence-electron chi connectivity index (χ2n) is 27.3. The van der Waals surface area contributed by atoms with Crippen molar-refractivity contribution in [3.8, 4) is 0 Å². The molecule has 0 saturated heterocycles. The van der Waals surface area contributed by atoms with E-state index in [2.05, 4.69) is 149 Å². The molecule has 5 atom stereocenters. The van der Waals surface area contributed by atoms with Gasteiger partial charge in [-0.05, 0) is 154 Å². The zero-order valence-electron chi connectivity index (χ0n) is 67.5. The third-order valence-electron chi connectivity index (χ3n) is 17.0. The molecule has 17 nitrogen and oxygen atoms in total. The Balaban J connectivity index is 5.53. The number of phosphoric ester groups is 2. The summed E-state index contributed by atoms with van der Waals surface area (Å²) in [7, 11) is -10.0. The Morgan fingerprint density at radius 2 is 0.500 bits per heavy atom. The van der Waals surface area contributed by atoms with Gasteiger partial charge < -0.3 is 33.8 Å². The second kappa shape index (κ2) is 79.8. The highest BCUT2D eigenvalue weighted by atomic mass is 31.2. The van der Waals surface area contributed by atoms with E-state index in [4.69, 9.17) is 37.0 Å². The predicted molar refractivity (Wildman–Crippen MR) is 445 cm³/mol. The number of unbranched alkanes of at least 4 members (excludes halogenated alkanes) is 25. The summed E-state index contributed by atoms with van der Waals surface area (Å²) in [4.78, 5) is 73.1. The van der Waals surface area contributed by atoms with Crippen LogP contribution in [0.25, 0.3) is 0 Å². The summed E-state index contributed by atoms with van der Waals surface area (Å²) in [6.07, 6.45) is 93.9. The number of phosphoric acid groups is 2. The van der Waals surface area contributed by atoms with Crippen molar-refractivity contribution in [3.05, 3.63) is 158 Å². The van der Waals surface area contributed by atoms with E-state index in [9.17, 15) is 43.2 Å². The normalized spacial score (nSPS) is 14.6. The summed E-state index contributed by atoms with van der Waals surface area (Å²) in [6.45, 7) is 4.54. The van der Waals surface area contributed by atoms with Gasteiger partial charge in [-0.1, -0.05) is 301 Å². The summed E-state index contributed by atoms with van der Waals surface area (Å²) in [5, 5.41) is 10.7. The van der Waals surface area contributed by atoms with E-state index in [-0.39, 0.29) is 25.7 Å². The molecule has 0 fully saturated rings. The van der Waals surface area contributed by atoms with Gasteiger partial charge in [0.2, 0.25) is 0 Å². The molecule has 616 valence electrons. The molecule has 0 heterocycles. The lowest BCUT2D eigenvalue weighted by atomic mass is 10.1.